The number of benzene rings is 1. The summed E-state index contributed by atoms with van der Waals surface area (Å²) in [6.45, 7) is 3.19. The lowest BCUT2D eigenvalue weighted by Gasteiger charge is -2.25. The minimum Gasteiger partial charge on any atom is -0.505 e. The normalized spacial score (nSPS) is 21.6. The number of phenols is 1. The molecule has 3 N–H and O–H groups in total. The molecule has 1 aliphatic rings. The van der Waals surface area contributed by atoms with E-state index in [4.69, 9.17) is 0 Å². The predicted octanol–water partition coefficient (Wildman–Crippen LogP) is 1.63. The van der Waals surface area contributed by atoms with Gasteiger partial charge in [0.1, 0.15) is 5.75 Å². The van der Waals surface area contributed by atoms with Crippen LogP contribution in [0, 0.1) is 15.5 Å². The van der Waals surface area contributed by atoms with Gasteiger partial charge in [0.25, 0.3) is 5.69 Å². The number of nitro benzene ring substituents is 1. The van der Waals surface area contributed by atoms with Gasteiger partial charge in [-0.2, -0.15) is 0 Å². The SMILES string of the molecule is CCC1(C(=O)Nc2c(O)cccc2[N+](=O)[O-])CCNC1. The number of amides is 1. The fraction of sp³-hybridized carbons (Fsp3) is 0.462. The fourth-order valence-electron chi connectivity index (χ4n) is 2.45. The minimum atomic E-state index is -0.624. The van der Waals surface area contributed by atoms with Gasteiger partial charge in [0, 0.05) is 12.6 Å². The van der Waals surface area contributed by atoms with Crippen LogP contribution in [0.1, 0.15) is 19.8 Å². The first kappa shape index (κ1) is 14.3. The second-order valence-electron chi connectivity index (χ2n) is 4.94. The molecular weight excluding hydrogens is 262 g/mol. The van der Waals surface area contributed by atoms with Crippen molar-refractivity contribution in [2.24, 2.45) is 5.41 Å². The Morgan fingerprint density at radius 2 is 2.35 bits per heavy atom. The number of para-hydroxylation sites is 1. The van der Waals surface area contributed by atoms with Crippen molar-refractivity contribution in [3.63, 3.8) is 0 Å². The number of rotatable bonds is 4. The zero-order chi connectivity index (χ0) is 14.8. The number of hydrogen-bond donors (Lipinski definition) is 3. The molecule has 0 bridgehead atoms. The highest BCUT2D eigenvalue weighted by molar-refractivity contribution is 5.99. The van der Waals surface area contributed by atoms with Gasteiger partial charge in [-0.25, -0.2) is 0 Å². The molecule has 1 atom stereocenters. The van der Waals surface area contributed by atoms with Gasteiger partial charge in [-0.1, -0.05) is 13.0 Å². The van der Waals surface area contributed by atoms with Crippen molar-refractivity contribution in [3.05, 3.63) is 28.3 Å². The topological polar surface area (TPSA) is 104 Å². The maximum Gasteiger partial charge on any atom is 0.296 e. The van der Waals surface area contributed by atoms with Gasteiger partial charge >= 0.3 is 0 Å². The Balaban J connectivity index is 2.30. The van der Waals surface area contributed by atoms with Crippen LogP contribution in [0.4, 0.5) is 11.4 Å². The van der Waals surface area contributed by atoms with Gasteiger partial charge in [0.05, 0.1) is 10.3 Å². The van der Waals surface area contributed by atoms with Crippen molar-refractivity contribution in [1.82, 2.24) is 5.32 Å². The van der Waals surface area contributed by atoms with Crippen molar-refractivity contribution in [2.75, 3.05) is 18.4 Å². The van der Waals surface area contributed by atoms with Gasteiger partial charge in [-0.15, -0.1) is 0 Å². The lowest BCUT2D eigenvalue weighted by Crippen LogP contribution is -2.37. The van der Waals surface area contributed by atoms with Crippen molar-refractivity contribution >= 4 is 17.3 Å². The summed E-state index contributed by atoms with van der Waals surface area (Å²) in [6, 6.07) is 3.94. The van der Waals surface area contributed by atoms with Gasteiger partial charge < -0.3 is 15.7 Å². The van der Waals surface area contributed by atoms with Gasteiger partial charge in [0.2, 0.25) is 5.91 Å². The van der Waals surface area contributed by atoms with Crippen LogP contribution in [0.3, 0.4) is 0 Å². The zero-order valence-corrected chi connectivity index (χ0v) is 11.2. The summed E-state index contributed by atoms with van der Waals surface area (Å²) in [5, 5.41) is 26.4. The molecule has 20 heavy (non-hydrogen) atoms. The monoisotopic (exact) mass is 279 g/mol. The third kappa shape index (κ3) is 2.44. The molecule has 7 heteroatoms. The Morgan fingerprint density at radius 1 is 1.60 bits per heavy atom. The predicted molar refractivity (Wildman–Crippen MR) is 73.6 cm³/mol. The Morgan fingerprint density at radius 3 is 2.90 bits per heavy atom. The summed E-state index contributed by atoms with van der Waals surface area (Å²) in [6.07, 6.45) is 1.31. The molecule has 0 radical (unpaired) electrons. The van der Waals surface area contributed by atoms with Crippen molar-refractivity contribution in [2.45, 2.75) is 19.8 Å². The first-order chi connectivity index (χ1) is 9.50. The summed E-state index contributed by atoms with van der Waals surface area (Å²) < 4.78 is 0. The van der Waals surface area contributed by atoms with Crippen LogP contribution >= 0.6 is 0 Å². The molecule has 0 aliphatic carbocycles. The van der Waals surface area contributed by atoms with Crippen LogP contribution < -0.4 is 10.6 Å². The highest BCUT2D eigenvalue weighted by Gasteiger charge is 2.40. The molecule has 0 aromatic heterocycles. The molecule has 7 nitrogen and oxygen atoms in total. The number of nitrogens with zero attached hydrogens (tertiary/aromatic N) is 1. The number of carbonyl (C=O) groups is 1. The van der Waals surface area contributed by atoms with E-state index >= 15 is 0 Å². The number of nitrogens with one attached hydrogen (secondary N) is 2. The van der Waals surface area contributed by atoms with E-state index in [-0.39, 0.29) is 23.0 Å². The second-order valence-corrected chi connectivity index (χ2v) is 4.94. The number of anilines is 1. The minimum absolute atomic E-state index is 0.137. The number of hydrogen-bond acceptors (Lipinski definition) is 5. The molecule has 0 spiro atoms. The van der Waals surface area contributed by atoms with E-state index in [1.807, 2.05) is 6.92 Å². The van der Waals surface area contributed by atoms with Crippen molar-refractivity contribution in [1.29, 1.82) is 0 Å². The van der Waals surface area contributed by atoms with E-state index in [2.05, 4.69) is 10.6 Å². The van der Waals surface area contributed by atoms with Gasteiger partial charge in [0.15, 0.2) is 5.69 Å². The lowest BCUT2D eigenvalue weighted by molar-refractivity contribution is -0.384. The van der Waals surface area contributed by atoms with Gasteiger partial charge in [-0.3, -0.25) is 14.9 Å². The fourth-order valence-corrected chi connectivity index (χ4v) is 2.45. The molecule has 1 aliphatic heterocycles. The standard InChI is InChI=1S/C13H17N3O4/c1-2-13(6-7-14-8-13)12(18)15-11-9(16(19)20)4-3-5-10(11)17/h3-5,14,17H,2,6-8H2,1H3,(H,15,18). The first-order valence-electron chi connectivity index (χ1n) is 6.49. The van der Waals surface area contributed by atoms with Crippen LogP contribution in [0.5, 0.6) is 5.75 Å². The van der Waals surface area contributed by atoms with Crippen LogP contribution in [-0.2, 0) is 4.79 Å². The number of phenolic OH excluding ortho intramolecular Hbond substituents is 1. The average molecular weight is 279 g/mol. The molecule has 1 saturated heterocycles. The molecule has 108 valence electrons. The molecule has 1 amide bonds. The molecule has 1 unspecified atom stereocenters. The van der Waals surface area contributed by atoms with Gasteiger partial charge in [-0.05, 0) is 25.5 Å². The van der Waals surface area contributed by atoms with Crippen LogP contribution in [0.15, 0.2) is 18.2 Å². The quantitative estimate of drug-likeness (QED) is 0.441. The summed E-state index contributed by atoms with van der Waals surface area (Å²) in [4.78, 5) is 22.7. The van der Waals surface area contributed by atoms with Crippen LogP contribution in [0.25, 0.3) is 0 Å². The molecule has 0 saturated carbocycles. The lowest BCUT2D eigenvalue weighted by atomic mass is 9.83. The maximum atomic E-state index is 12.4. The summed E-state index contributed by atoms with van der Waals surface area (Å²) in [5.41, 5.74) is -1.02. The summed E-state index contributed by atoms with van der Waals surface area (Å²) >= 11 is 0. The van der Waals surface area contributed by atoms with Crippen LogP contribution in [0.2, 0.25) is 0 Å². The first-order valence-corrected chi connectivity index (χ1v) is 6.49. The van der Waals surface area contributed by atoms with Crippen molar-refractivity contribution in [3.8, 4) is 5.75 Å². The van der Waals surface area contributed by atoms with E-state index in [1.54, 1.807) is 0 Å². The van der Waals surface area contributed by atoms with E-state index in [1.165, 1.54) is 18.2 Å². The summed E-state index contributed by atoms with van der Waals surface area (Å²) in [5.74, 6) is -0.598. The molecule has 1 aromatic carbocycles. The van der Waals surface area contributed by atoms with E-state index < -0.39 is 10.3 Å². The number of carbonyl (C=O) groups excluding carboxylic acids is 1. The highest BCUT2D eigenvalue weighted by Crippen LogP contribution is 2.36. The zero-order valence-electron chi connectivity index (χ0n) is 11.2. The Hall–Kier alpha value is -2.15. The van der Waals surface area contributed by atoms with E-state index in [9.17, 15) is 20.0 Å². The van der Waals surface area contributed by atoms with E-state index in [0.29, 0.717) is 19.4 Å². The van der Waals surface area contributed by atoms with Crippen LogP contribution in [-0.4, -0.2) is 29.0 Å². The Labute approximate surface area is 116 Å². The largest absolute Gasteiger partial charge is 0.505 e. The third-order valence-electron chi connectivity index (χ3n) is 3.86. The third-order valence-corrected chi connectivity index (χ3v) is 3.86. The second kappa shape index (κ2) is 5.46. The molecule has 2 rings (SSSR count). The molecule has 1 fully saturated rings. The van der Waals surface area contributed by atoms with E-state index in [0.717, 1.165) is 6.54 Å². The van der Waals surface area contributed by atoms with Crippen molar-refractivity contribution < 1.29 is 14.8 Å². The Kier molecular flexibility index (Phi) is 3.89. The highest BCUT2D eigenvalue weighted by atomic mass is 16.6. The maximum absolute atomic E-state index is 12.4. The number of aromatic hydroxyl groups is 1. The molecule has 1 heterocycles. The average Bonchev–Trinajstić information content (AvgIpc) is 2.90. The number of nitro groups is 1. The molecule has 1 aromatic rings. The summed E-state index contributed by atoms with van der Waals surface area (Å²) in [7, 11) is 0. The Bertz CT molecular complexity index is 538. The molecular formula is C13H17N3O4. The smallest absolute Gasteiger partial charge is 0.296 e.